The van der Waals surface area contributed by atoms with E-state index in [1.165, 1.54) is 0 Å². The Morgan fingerprint density at radius 1 is 1.50 bits per heavy atom. The summed E-state index contributed by atoms with van der Waals surface area (Å²) in [7, 11) is 0. The predicted molar refractivity (Wildman–Crippen MR) is 32.4 cm³/mol. The van der Waals surface area contributed by atoms with Crippen LogP contribution in [-0.4, -0.2) is 24.2 Å². The van der Waals surface area contributed by atoms with Crippen LogP contribution in [0.25, 0.3) is 0 Å². The molecule has 0 N–H and O–H groups in total. The average molecular weight is 197 g/mol. The molecule has 1 atom stereocenters. The standard InChI is InChI=1S/C4H5Cl2F3O/c5-1-2-10-4(8,9)3(6)7/h3H,1-2H2/t3-/m1/s1. The Morgan fingerprint density at radius 2 is 2.00 bits per heavy atom. The van der Waals surface area contributed by atoms with E-state index in [0.29, 0.717) is 0 Å². The van der Waals surface area contributed by atoms with E-state index in [0.717, 1.165) is 0 Å². The fourth-order valence-corrected chi connectivity index (χ4v) is 0.378. The molecule has 0 aliphatic rings. The molecule has 0 unspecified atom stereocenters. The van der Waals surface area contributed by atoms with Gasteiger partial charge in [0.05, 0.1) is 6.61 Å². The van der Waals surface area contributed by atoms with Crippen molar-refractivity contribution in [2.75, 3.05) is 12.5 Å². The molecule has 0 aliphatic carbocycles. The van der Waals surface area contributed by atoms with Crippen LogP contribution in [0.4, 0.5) is 13.2 Å². The summed E-state index contributed by atoms with van der Waals surface area (Å²) in [4.78, 5) is 0. The summed E-state index contributed by atoms with van der Waals surface area (Å²) in [6.07, 6.45) is -3.93. The third-order valence-corrected chi connectivity index (χ3v) is 1.03. The molecule has 0 radical (unpaired) electrons. The molecule has 0 bridgehead atoms. The number of hydrogen-bond acceptors (Lipinski definition) is 1. The molecule has 0 heterocycles. The SMILES string of the molecule is F[C@@H](Cl)C(F)(F)OCCCl. The van der Waals surface area contributed by atoms with Crippen molar-refractivity contribution < 1.29 is 17.9 Å². The minimum atomic E-state index is -3.93. The molecular weight excluding hydrogens is 192 g/mol. The zero-order valence-electron chi connectivity index (χ0n) is 4.79. The van der Waals surface area contributed by atoms with Crippen LogP contribution in [0.3, 0.4) is 0 Å². The van der Waals surface area contributed by atoms with Gasteiger partial charge in [0.25, 0.3) is 5.63 Å². The number of ether oxygens (including phenoxy) is 1. The molecule has 0 saturated carbocycles. The quantitative estimate of drug-likeness (QED) is 0.628. The lowest BCUT2D eigenvalue weighted by atomic mass is 10.7. The van der Waals surface area contributed by atoms with Crippen LogP contribution in [0.1, 0.15) is 0 Å². The maximum Gasteiger partial charge on any atom is 0.400 e. The van der Waals surface area contributed by atoms with E-state index in [1.807, 2.05) is 0 Å². The van der Waals surface area contributed by atoms with Gasteiger partial charge in [-0.15, -0.1) is 11.6 Å². The second kappa shape index (κ2) is 4.26. The van der Waals surface area contributed by atoms with Gasteiger partial charge < -0.3 is 4.74 Å². The fraction of sp³-hybridized carbons (Fsp3) is 1.00. The van der Waals surface area contributed by atoms with Crippen molar-refractivity contribution in [1.29, 1.82) is 0 Å². The van der Waals surface area contributed by atoms with E-state index in [2.05, 4.69) is 16.3 Å². The molecule has 1 nitrogen and oxygen atoms in total. The third-order valence-electron chi connectivity index (χ3n) is 0.626. The molecule has 0 fully saturated rings. The number of halogens is 5. The lowest BCUT2D eigenvalue weighted by Crippen LogP contribution is -2.30. The molecule has 0 rings (SSSR count). The van der Waals surface area contributed by atoms with Gasteiger partial charge in [-0.05, 0) is 0 Å². The van der Waals surface area contributed by atoms with Gasteiger partial charge in [0.1, 0.15) is 0 Å². The molecule has 0 amide bonds. The number of rotatable bonds is 4. The zero-order chi connectivity index (χ0) is 8.20. The number of alkyl halides is 5. The van der Waals surface area contributed by atoms with Gasteiger partial charge in [0.2, 0.25) is 0 Å². The van der Waals surface area contributed by atoms with Crippen LogP contribution < -0.4 is 0 Å². The van der Waals surface area contributed by atoms with Crippen molar-refractivity contribution in [3.8, 4) is 0 Å². The highest BCUT2D eigenvalue weighted by Gasteiger charge is 2.40. The van der Waals surface area contributed by atoms with Crippen LogP contribution in [0, 0.1) is 0 Å². The maximum atomic E-state index is 11.9. The molecule has 62 valence electrons. The van der Waals surface area contributed by atoms with E-state index in [9.17, 15) is 13.2 Å². The molecule has 0 aromatic heterocycles. The van der Waals surface area contributed by atoms with Crippen LogP contribution >= 0.6 is 23.2 Å². The molecular formula is C4H5Cl2F3O. The van der Waals surface area contributed by atoms with Gasteiger partial charge >= 0.3 is 6.11 Å². The van der Waals surface area contributed by atoms with Gasteiger partial charge in [0, 0.05) is 5.88 Å². The average Bonchev–Trinajstić information content (AvgIpc) is 1.84. The summed E-state index contributed by atoms with van der Waals surface area (Å²) in [6, 6.07) is 0. The summed E-state index contributed by atoms with van der Waals surface area (Å²) in [5.41, 5.74) is -2.82. The largest absolute Gasteiger partial charge is 0.400 e. The Morgan fingerprint density at radius 3 is 2.30 bits per heavy atom. The highest BCUT2D eigenvalue weighted by atomic mass is 35.5. The minimum absolute atomic E-state index is 0.126. The summed E-state index contributed by atoms with van der Waals surface area (Å²) in [5.74, 6) is -0.126. The van der Waals surface area contributed by atoms with Crippen molar-refractivity contribution in [1.82, 2.24) is 0 Å². The summed E-state index contributed by atoms with van der Waals surface area (Å²) < 4.78 is 39.2. The van der Waals surface area contributed by atoms with Crippen molar-refractivity contribution in [2.45, 2.75) is 11.7 Å². The minimum Gasteiger partial charge on any atom is -0.316 e. The smallest absolute Gasteiger partial charge is 0.316 e. The van der Waals surface area contributed by atoms with Crippen molar-refractivity contribution >= 4 is 23.2 Å². The van der Waals surface area contributed by atoms with Crippen LogP contribution in [-0.2, 0) is 4.74 Å². The first-order valence-electron chi connectivity index (χ1n) is 2.36. The lowest BCUT2D eigenvalue weighted by Gasteiger charge is -2.14. The highest BCUT2D eigenvalue weighted by molar-refractivity contribution is 6.20. The summed E-state index contributed by atoms with van der Waals surface area (Å²) in [5, 5.41) is 0. The van der Waals surface area contributed by atoms with Crippen LogP contribution in [0.5, 0.6) is 0 Å². The van der Waals surface area contributed by atoms with Crippen molar-refractivity contribution in [2.24, 2.45) is 0 Å². The first-order valence-corrected chi connectivity index (χ1v) is 3.33. The topological polar surface area (TPSA) is 9.23 Å². The Balaban J connectivity index is 3.63. The molecule has 6 heteroatoms. The van der Waals surface area contributed by atoms with E-state index in [4.69, 9.17) is 11.6 Å². The van der Waals surface area contributed by atoms with Crippen molar-refractivity contribution in [3.05, 3.63) is 0 Å². The van der Waals surface area contributed by atoms with Gasteiger partial charge in [-0.25, -0.2) is 4.39 Å². The summed E-state index contributed by atoms with van der Waals surface area (Å²) >= 11 is 9.41. The molecule has 0 aromatic rings. The highest BCUT2D eigenvalue weighted by Crippen LogP contribution is 2.25. The van der Waals surface area contributed by atoms with Gasteiger partial charge in [0.15, 0.2) is 0 Å². The lowest BCUT2D eigenvalue weighted by molar-refractivity contribution is -0.253. The maximum absolute atomic E-state index is 11.9. The molecule has 0 saturated heterocycles. The molecule has 0 aliphatic heterocycles. The second-order valence-electron chi connectivity index (χ2n) is 1.40. The monoisotopic (exact) mass is 196 g/mol. The van der Waals surface area contributed by atoms with E-state index in [1.54, 1.807) is 0 Å². The Bertz CT molecular complexity index is 98.5. The van der Waals surface area contributed by atoms with Gasteiger partial charge in [-0.2, -0.15) is 8.78 Å². The van der Waals surface area contributed by atoms with Crippen LogP contribution in [0.15, 0.2) is 0 Å². The molecule has 0 spiro atoms. The number of hydrogen-bond donors (Lipinski definition) is 0. The fourth-order valence-electron chi connectivity index (χ4n) is 0.238. The normalized spacial score (nSPS) is 15.3. The van der Waals surface area contributed by atoms with Crippen LogP contribution in [0.2, 0.25) is 0 Å². The first kappa shape index (κ1) is 10.3. The van der Waals surface area contributed by atoms with Crippen molar-refractivity contribution in [3.63, 3.8) is 0 Å². The molecule has 10 heavy (non-hydrogen) atoms. The van der Waals surface area contributed by atoms with E-state index in [-0.39, 0.29) is 5.88 Å². The van der Waals surface area contributed by atoms with Gasteiger partial charge in [-0.3, -0.25) is 0 Å². The second-order valence-corrected chi connectivity index (χ2v) is 2.16. The van der Waals surface area contributed by atoms with Gasteiger partial charge in [-0.1, -0.05) is 11.6 Å². The third kappa shape index (κ3) is 3.49. The Kier molecular flexibility index (Phi) is 4.40. The Labute approximate surface area is 66.1 Å². The first-order chi connectivity index (χ1) is 4.50. The summed E-state index contributed by atoms with van der Waals surface area (Å²) in [6.45, 7) is -0.429. The molecule has 0 aromatic carbocycles. The Hall–Kier alpha value is 0.330. The predicted octanol–water partition coefficient (Wildman–Crippen LogP) is 2.37. The zero-order valence-corrected chi connectivity index (χ0v) is 6.30. The van der Waals surface area contributed by atoms with E-state index < -0.39 is 18.3 Å². The van der Waals surface area contributed by atoms with E-state index >= 15 is 0 Å².